The van der Waals surface area contributed by atoms with Crippen molar-refractivity contribution in [3.8, 4) is 0 Å². The molecule has 0 atom stereocenters. The van der Waals surface area contributed by atoms with Crippen molar-refractivity contribution >= 4 is 62.9 Å². The highest BCUT2D eigenvalue weighted by molar-refractivity contribution is 14.0. The van der Waals surface area contributed by atoms with Gasteiger partial charge in [-0.05, 0) is 52.0 Å². The number of halogens is 2. The van der Waals surface area contributed by atoms with E-state index in [0.717, 1.165) is 28.3 Å². The van der Waals surface area contributed by atoms with Crippen molar-refractivity contribution in [2.24, 2.45) is 4.99 Å². The van der Waals surface area contributed by atoms with Crippen LogP contribution in [-0.2, 0) is 13.1 Å². The molecule has 8 heteroatoms. The molecule has 0 aliphatic heterocycles. The van der Waals surface area contributed by atoms with E-state index in [2.05, 4.69) is 54.9 Å². The third kappa shape index (κ3) is 4.70. The summed E-state index contributed by atoms with van der Waals surface area (Å²) in [6.45, 7) is 3.53. The van der Waals surface area contributed by atoms with E-state index in [1.54, 1.807) is 18.4 Å². The molecular formula is C16H19BrIN5S. The molecule has 3 rings (SSSR count). The molecule has 0 unspecified atom stereocenters. The summed E-state index contributed by atoms with van der Waals surface area (Å²) in [4.78, 5) is 10.2. The molecule has 0 bridgehead atoms. The Morgan fingerprint density at radius 1 is 1.25 bits per heavy atom. The van der Waals surface area contributed by atoms with E-state index in [4.69, 9.17) is 0 Å². The first-order chi connectivity index (χ1) is 11.2. The molecule has 0 amide bonds. The summed E-state index contributed by atoms with van der Waals surface area (Å²) < 4.78 is 3.04. The van der Waals surface area contributed by atoms with E-state index < -0.39 is 0 Å². The minimum atomic E-state index is 0. The maximum atomic E-state index is 4.58. The Kier molecular flexibility index (Phi) is 7.05. The lowest BCUT2D eigenvalue weighted by atomic mass is 10.3. The van der Waals surface area contributed by atoms with Crippen LogP contribution >= 0.6 is 51.2 Å². The molecule has 0 spiro atoms. The number of nitrogens with one attached hydrogen (secondary N) is 2. The van der Waals surface area contributed by atoms with E-state index in [-0.39, 0.29) is 24.0 Å². The van der Waals surface area contributed by atoms with Crippen LogP contribution in [0.3, 0.4) is 0 Å². The summed E-state index contributed by atoms with van der Waals surface area (Å²) in [6, 6.07) is 6.11. The predicted molar refractivity (Wildman–Crippen MR) is 114 cm³/mol. The van der Waals surface area contributed by atoms with Gasteiger partial charge in [-0.2, -0.15) is 0 Å². The summed E-state index contributed by atoms with van der Waals surface area (Å²) in [7, 11) is 1.78. The number of pyridine rings is 1. The Morgan fingerprint density at radius 2 is 2.04 bits per heavy atom. The fraction of sp³-hybridized carbons (Fsp3) is 0.250. The van der Waals surface area contributed by atoms with Crippen LogP contribution in [0.5, 0.6) is 0 Å². The van der Waals surface area contributed by atoms with Gasteiger partial charge in [0.25, 0.3) is 0 Å². The lowest BCUT2D eigenvalue weighted by molar-refractivity contribution is 0.802. The Labute approximate surface area is 170 Å². The summed E-state index contributed by atoms with van der Waals surface area (Å²) in [5, 5.41) is 8.74. The quantitative estimate of drug-likeness (QED) is 0.312. The monoisotopic (exact) mass is 519 g/mol. The van der Waals surface area contributed by atoms with Gasteiger partial charge in [0, 0.05) is 28.8 Å². The zero-order valence-corrected chi connectivity index (χ0v) is 18.1. The van der Waals surface area contributed by atoms with Crippen molar-refractivity contribution in [1.82, 2.24) is 20.0 Å². The minimum Gasteiger partial charge on any atom is -0.352 e. The summed E-state index contributed by atoms with van der Waals surface area (Å²) in [6.07, 6.45) is 4.02. The molecule has 0 aliphatic rings. The number of fused-ring (bicyclic) bond motifs is 1. The topological polar surface area (TPSA) is 53.7 Å². The average molecular weight is 520 g/mol. The van der Waals surface area contributed by atoms with Crippen molar-refractivity contribution in [3.63, 3.8) is 0 Å². The van der Waals surface area contributed by atoms with Gasteiger partial charge < -0.3 is 15.0 Å². The van der Waals surface area contributed by atoms with E-state index >= 15 is 0 Å². The van der Waals surface area contributed by atoms with Crippen LogP contribution in [0.25, 0.3) is 5.65 Å². The summed E-state index contributed by atoms with van der Waals surface area (Å²) in [5.74, 6) is 0.774. The number of rotatable bonds is 4. The largest absolute Gasteiger partial charge is 0.352 e. The van der Waals surface area contributed by atoms with Crippen LogP contribution in [0, 0.1) is 6.92 Å². The Hall–Kier alpha value is -1.13. The standard InChI is InChI=1S/C16H18BrN5S.HI/c1-11-5-6-23-14(11)8-20-16(18-2)19-7-13-10-22-9-12(17)3-4-15(22)21-13;/h3-6,9-10H,7-8H2,1-2H3,(H2,18,19,20);1H. The van der Waals surface area contributed by atoms with Crippen LogP contribution in [0.2, 0.25) is 0 Å². The molecule has 0 aliphatic carbocycles. The van der Waals surface area contributed by atoms with Gasteiger partial charge in [0.1, 0.15) is 5.65 Å². The molecule has 0 fully saturated rings. The molecule has 3 aromatic rings. The second kappa shape index (κ2) is 8.82. The number of hydrogen-bond acceptors (Lipinski definition) is 3. The van der Waals surface area contributed by atoms with Crippen molar-refractivity contribution < 1.29 is 0 Å². The number of aliphatic imine (C=N–C) groups is 1. The molecule has 3 aromatic heterocycles. The molecule has 5 nitrogen and oxygen atoms in total. The van der Waals surface area contributed by atoms with E-state index in [1.165, 1.54) is 10.4 Å². The van der Waals surface area contributed by atoms with Gasteiger partial charge >= 0.3 is 0 Å². The highest BCUT2D eigenvalue weighted by Crippen LogP contribution is 2.15. The molecule has 0 saturated carbocycles. The maximum absolute atomic E-state index is 4.58. The zero-order valence-electron chi connectivity index (χ0n) is 13.4. The van der Waals surface area contributed by atoms with Gasteiger partial charge in [0.15, 0.2) is 5.96 Å². The molecule has 24 heavy (non-hydrogen) atoms. The van der Waals surface area contributed by atoms with Gasteiger partial charge in [-0.15, -0.1) is 35.3 Å². The Bertz CT molecular complexity index is 842. The number of nitrogens with zero attached hydrogens (tertiary/aromatic N) is 3. The van der Waals surface area contributed by atoms with Crippen LogP contribution in [0.1, 0.15) is 16.1 Å². The van der Waals surface area contributed by atoms with Gasteiger partial charge in [-0.3, -0.25) is 4.99 Å². The summed E-state index contributed by atoms with van der Waals surface area (Å²) >= 11 is 5.22. The van der Waals surface area contributed by atoms with Crippen molar-refractivity contribution in [2.45, 2.75) is 20.0 Å². The first kappa shape index (κ1) is 19.2. The smallest absolute Gasteiger partial charge is 0.191 e. The van der Waals surface area contributed by atoms with Gasteiger partial charge in [-0.25, -0.2) is 4.98 Å². The van der Waals surface area contributed by atoms with Crippen molar-refractivity contribution in [1.29, 1.82) is 0 Å². The van der Waals surface area contributed by atoms with Gasteiger partial charge in [0.05, 0.1) is 18.8 Å². The Balaban J connectivity index is 0.00000208. The highest BCUT2D eigenvalue weighted by Gasteiger charge is 2.05. The van der Waals surface area contributed by atoms with E-state index in [1.807, 2.05) is 28.9 Å². The van der Waals surface area contributed by atoms with Crippen LogP contribution in [0.4, 0.5) is 0 Å². The predicted octanol–water partition coefficient (Wildman–Crippen LogP) is 3.95. The van der Waals surface area contributed by atoms with Crippen molar-refractivity contribution in [3.05, 3.63) is 56.6 Å². The first-order valence-electron chi connectivity index (χ1n) is 7.26. The van der Waals surface area contributed by atoms with E-state index in [0.29, 0.717) is 6.54 Å². The molecule has 0 radical (unpaired) electrons. The number of imidazole rings is 1. The molecule has 3 heterocycles. The molecule has 0 aromatic carbocycles. The second-order valence-corrected chi connectivity index (χ2v) is 7.07. The van der Waals surface area contributed by atoms with E-state index in [9.17, 15) is 0 Å². The lowest BCUT2D eigenvalue weighted by Crippen LogP contribution is -2.36. The second-order valence-electron chi connectivity index (χ2n) is 5.15. The zero-order chi connectivity index (χ0) is 16.2. The number of aromatic nitrogens is 2. The average Bonchev–Trinajstić information content (AvgIpc) is 3.13. The molecule has 128 valence electrons. The fourth-order valence-corrected chi connectivity index (χ4v) is 3.45. The summed E-state index contributed by atoms with van der Waals surface area (Å²) in [5.41, 5.74) is 3.21. The van der Waals surface area contributed by atoms with Crippen LogP contribution < -0.4 is 10.6 Å². The minimum absolute atomic E-state index is 0. The normalized spacial score (nSPS) is 11.4. The number of thiophene rings is 1. The maximum Gasteiger partial charge on any atom is 0.191 e. The molecule has 2 N–H and O–H groups in total. The fourth-order valence-electron chi connectivity index (χ4n) is 2.25. The lowest BCUT2D eigenvalue weighted by Gasteiger charge is -2.10. The van der Waals surface area contributed by atoms with Crippen LogP contribution in [-0.4, -0.2) is 22.4 Å². The number of hydrogen-bond donors (Lipinski definition) is 2. The highest BCUT2D eigenvalue weighted by atomic mass is 127. The third-order valence-corrected chi connectivity index (χ3v) is 5.00. The van der Waals surface area contributed by atoms with Crippen molar-refractivity contribution in [2.75, 3.05) is 7.05 Å². The first-order valence-corrected chi connectivity index (χ1v) is 8.93. The van der Waals surface area contributed by atoms with Crippen LogP contribution in [0.15, 0.2) is 45.4 Å². The van der Waals surface area contributed by atoms with Gasteiger partial charge in [0.2, 0.25) is 0 Å². The third-order valence-electron chi connectivity index (χ3n) is 3.51. The molecule has 0 saturated heterocycles. The number of guanidine groups is 1. The SMILES string of the molecule is CN=C(NCc1cn2cc(Br)ccc2n1)NCc1sccc1C.I. The van der Waals surface area contributed by atoms with Gasteiger partial charge in [-0.1, -0.05) is 0 Å². The molecular weight excluding hydrogens is 501 g/mol. The Morgan fingerprint density at radius 3 is 2.75 bits per heavy atom. The number of aryl methyl sites for hydroxylation is 1.